The van der Waals surface area contributed by atoms with Gasteiger partial charge in [0, 0.05) is 4.88 Å². The molecule has 0 aliphatic heterocycles. The van der Waals surface area contributed by atoms with Gasteiger partial charge in [0.2, 0.25) is 0 Å². The van der Waals surface area contributed by atoms with Crippen molar-refractivity contribution in [3.63, 3.8) is 0 Å². The molecule has 23 heavy (non-hydrogen) atoms. The lowest BCUT2D eigenvalue weighted by Crippen LogP contribution is -2.44. The molecule has 4 rings (SSSR count). The summed E-state index contributed by atoms with van der Waals surface area (Å²) < 4.78 is 18.5. The first-order chi connectivity index (χ1) is 11.0. The van der Waals surface area contributed by atoms with E-state index in [1.807, 2.05) is 13.0 Å². The van der Waals surface area contributed by atoms with E-state index in [0.29, 0.717) is 11.7 Å². The van der Waals surface area contributed by atoms with E-state index >= 15 is 0 Å². The first kappa shape index (κ1) is 14.5. The number of hydrogen-bond acceptors (Lipinski definition) is 5. The summed E-state index contributed by atoms with van der Waals surface area (Å²) in [6.07, 6.45) is 2.90. The Morgan fingerprint density at radius 1 is 1.26 bits per heavy atom. The number of hydrogen-bond donors (Lipinski definition) is 1. The molecule has 0 amide bonds. The van der Waals surface area contributed by atoms with Crippen LogP contribution in [0.4, 0.5) is 4.39 Å². The third-order valence-corrected chi connectivity index (χ3v) is 5.44. The molecule has 1 aliphatic carbocycles. The van der Waals surface area contributed by atoms with E-state index in [1.54, 1.807) is 23.5 Å². The van der Waals surface area contributed by atoms with Crippen molar-refractivity contribution in [1.82, 2.24) is 10.1 Å². The van der Waals surface area contributed by atoms with Gasteiger partial charge in [0.15, 0.2) is 5.82 Å². The van der Waals surface area contributed by atoms with Gasteiger partial charge in [0.25, 0.3) is 5.89 Å². The highest BCUT2D eigenvalue weighted by Gasteiger charge is 2.39. The van der Waals surface area contributed by atoms with Gasteiger partial charge in [-0.2, -0.15) is 4.98 Å². The molecule has 1 aliphatic rings. The summed E-state index contributed by atoms with van der Waals surface area (Å²) >= 11 is 1.59. The van der Waals surface area contributed by atoms with Crippen LogP contribution in [0, 0.1) is 12.7 Å². The van der Waals surface area contributed by atoms with Gasteiger partial charge in [0.1, 0.15) is 5.82 Å². The average molecular weight is 329 g/mol. The SMILES string of the molecule is Cc1sc(-c2nc(C3(N)CCC3)no2)cc1-c1ccc(F)cc1. The van der Waals surface area contributed by atoms with Crippen LogP contribution in [0.2, 0.25) is 0 Å². The standard InChI is InChI=1S/C17H16FN3OS/c1-10-13(11-3-5-12(18)6-4-11)9-14(23-10)15-20-16(21-22-15)17(19)7-2-8-17/h3-6,9H,2,7-8,19H2,1H3. The molecule has 2 heterocycles. The van der Waals surface area contributed by atoms with Crippen LogP contribution in [-0.4, -0.2) is 10.1 Å². The maximum absolute atomic E-state index is 13.1. The fraction of sp³-hybridized carbons (Fsp3) is 0.294. The molecule has 3 aromatic rings. The van der Waals surface area contributed by atoms with Crippen molar-refractivity contribution in [3.05, 3.63) is 46.9 Å². The summed E-state index contributed by atoms with van der Waals surface area (Å²) in [5, 5.41) is 4.06. The third-order valence-electron chi connectivity index (χ3n) is 4.40. The first-order valence-electron chi connectivity index (χ1n) is 7.55. The number of rotatable bonds is 3. The molecule has 0 atom stereocenters. The second-order valence-electron chi connectivity index (χ2n) is 6.02. The van der Waals surface area contributed by atoms with Gasteiger partial charge in [-0.3, -0.25) is 0 Å². The smallest absolute Gasteiger partial charge is 0.268 e. The van der Waals surface area contributed by atoms with Crippen molar-refractivity contribution >= 4 is 11.3 Å². The van der Waals surface area contributed by atoms with E-state index in [1.165, 1.54) is 12.1 Å². The van der Waals surface area contributed by atoms with Gasteiger partial charge in [-0.15, -0.1) is 11.3 Å². The topological polar surface area (TPSA) is 64.9 Å². The van der Waals surface area contributed by atoms with Crippen LogP contribution >= 0.6 is 11.3 Å². The van der Waals surface area contributed by atoms with Crippen LogP contribution in [-0.2, 0) is 5.54 Å². The van der Waals surface area contributed by atoms with E-state index in [-0.39, 0.29) is 5.82 Å². The zero-order valence-electron chi connectivity index (χ0n) is 12.7. The van der Waals surface area contributed by atoms with Crippen LogP contribution in [0.5, 0.6) is 0 Å². The monoisotopic (exact) mass is 329 g/mol. The number of aryl methyl sites for hydroxylation is 1. The highest BCUT2D eigenvalue weighted by atomic mass is 32.1. The maximum atomic E-state index is 13.1. The minimum Gasteiger partial charge on any atom is -0.333 e. The zero-order chi connectivity index (χ0) is 16.0. The lowest BCUT2D eigenvalue weighted by molar-refractivity contribution is 0.229. The van der Waals surface area contributed by atoms with E-state index in [2.05, 4.69) is 10.1 Å². The Morgan fingerprint density at radius 2 is 2.00 bits per heavy atom. The van der Waals surface area contributed by atoms with Gasteiger partial charge < -0.3 is 10.3 Å². The van der Waals surface area contributed by atoms with Crippen molar-refractivity contribution in [2.75, 3.05) is 0 Å². The van der Waals surface area contributed by atoms with Crippen molar-refractivity contribution < 1.29 is 8.91 Å². The maximum Gasteiger partial charge on any atom is 0.268 e. The molecule has 2 aromatic heterocycles. The molecule has 0 bridgehead atoms. The van der Waals surface area contributed by atoms with Crippen molar-refractivity contribution in [2.24, 2.45) is 5.73 Å². The van der Waals surface area contributed by atoms with Crippen LogP contribution in [0.25, 0.3) is 21.9 Å². The Kier molecular flexibility index (Phi) is 3.32. The summed E-state index contributed by atoms with van der Waals surface area (Å²) in [5.74, 6) is 0.850. The lowest BCUT2D eigenvalue weighted by Gasteiger charge is -2.34. The molecule has 1 fully saturated rings. The Hall–Kier alpha value is -2.05. The number of nitrogens with zero attached hydrogens (tertiary/aromatic N) is 2. The second-order valence-corrected chi connectivity index (χ2v) is 7.28. The van der Waals surface area contributed by atoms with Crippen molar-refractivity contribution in [2.45, 2.75) is 31.7 Å². The number of aromatic nitrogens is 2. The predicted molar refractivity (Wildman–Crippen MR) is 87.5 cm³/mol. The number of halogens is 1. The molecule has 0 unspecified atom stereocenters. The van der Waals surface area contributed by atoms with Crippen LogP contribution in [0.3, 0.4) is 0 Å². The fourth-order valence-corrected chi connectivity index (χ4v) is 3.77. The van der Waals surface area contributed by atoms with Crippen LogP contribution in [0.1, 0.15) is 30.0 Å². The molecular formula is C17H16FN3OS. The van der Waals surface area contributed by atoms with E-state index in [9.17, 15) is 4.39 Å². The van der Waals surface area contributed by atoms with E-state index in [4.69, 9.17) is 10.3 Å². The van der Waals surface area contributed by atoms with Gasteiger partial charge in [-0.25, -0.2) is 4.39 Å². The van der Waals surface area contributed by atoms with Gasteiger partial charge >= 0.3 is 0 Å². The Balaban J connectivity index is 1.68. The molecule has 118 valence electrons. The summed E-state index contributed by atoms with van der Waals surface area (Å²) in [4.78, 5) is 6.51. The van der Waals surface area contributed by atoms with Crippen molar-refractivity contribution in [3.8, 4) is 21.9 Å². The third kappa shape index (κ3) is 2.48. The predicted octanol–water partition coefficient (Wildman–Crippen LogP) is 4.25. The highest BCUT2D eigenvalue weighted by Crippen LogP contribution is 2.40. The quantitative estimate of drug-likeness (QED) is 0.780. The molecular weight excluding hydrogens is 313 g/mol. The minimum absolute atomic E-state index is 0.239. The normalized spacial score (nSPS) is 16.3. The highest BCUT2D eigenvalue weighted by molar-refractivity contribution is 7.15. The van der Waals surface area contributed by atoms with Crippen LogP contribution < -0.4 is 5.73 Å². The molecule has 4 nitrogen and oxygen atoms in total. The van der Waals surface area contributed by atoms with Gasteiger partial charge in [0.05, 0.1) is 10.4 Å². The minimum atomic E-state index is -0.423. The number of nitrogens with two attached hydrogens (primary N) is 1. The molecule has 6 heteroatoms. The molecule has 0 spiro atoms. The van der Waals surface area contributed by atoms with E-state index in [0.717, 1.165) is 40.1 Å². The van der Waals surface area contributed by atoms with E-state index < -0.39 is 5.54 Å². The summed E-state index contributed by atoms with van der Waals surface area (Å²) in [6.45, 7) is 2.03. The van der Waals surface area contributed by atoms with Crippen molar-refractivity contribution in [1.29, 1.82) is 0 Å². The molecule has 0 radical (unpaired) electrons. The average Bonchev–Trinajstić information content (AvgIpc) is 3.13. The summed E-state index contributed by atoms with van der Waals surface area (Å²) in [5.41, 5.74) is 7.84. The second kappa shape index (κ2) is 5.25. The van der Waals surface area contributed by atoms with Gasteiger partial charge in [-0.05, 0) is 55.5 Å². The molecule has 2 N–H and O–H groups in total. The number of thiophene rings is 1. The lowest BCUT2D eigenvalue weighted by atomic mass is 9.77. The Bertz CT molecular complexity index is 849. The largest absolute Gasteiger partial charge is 0.333 e. The zero-order valence-corrected chi connectivity index (χ0v) is 13.5. The Labute approximate surface area is 137 Å². The first-order valence-corrected chi connectivity index (χ1v) is 8.37. The molecule has 1 saturated carbocycles. The Morgan fingerprint density at radius 3 is 2.65 bits per heavy atom. The fourth-order valence-electron chi connectivity index (χ4n) is 2.81. The summed E-state index contributed by atoms with van der Waals surface area (Å²) in [6, 6.07) is 8.49. The van der Waals surface area contributed by atoms with Gasteiger partial charge in [-0.1, -0.05) is 17.3 Å². The molecule has 0 saturated heterocycles. The van der Waals surface area contributed by atoms with Crippen LogP contribution in [0.15, 0.2) is 34.9 Å². The summed E-state index contributed by atoms with van der Waals surface area (Å²) in [7, 11) is 0. The molecule has 1 aromatic carbocycles. The number of benzene rings is 1.